The average Bonchev–Trinajstić information content (AvgIpc) is 3.41. The Balaban J connectivity index is 1.36. The van der Waals surface area contributed by atoms with E-state index in [1.165, 1.54) is 4.90 Å². The quantitative estimate of drug-likeness (QED) is 0.547. The average molecular weight is 489 g/mol. The lowest BCUT2D eigenvalue weighted by atomic mass is 9.86. The van der Waals surface area contributed by atoms with Gasteiger partial charge in [0.15, 0.2) is 23.9 Å². The van der Waals surface area contributed by atoms with Crippen molar-refractivity contribution in [1.82, 2.24) is 4.90 Å². The number of furan rings is 1. The molecule has 1 amide bonds. The molecule has 1 unspecified atom stereocenters. The van der Waals surface area contributed by atoms with Crippen LogP contribution in [0.3, 0.4) is 0 Å². The van der Waals surface area contributed by atoms with Crippen LogP contribution in [0.4, 0.5) is 0 Å². The number of benzene rings is 2. The van der Waals surface area contributed by atoms with Crippen molar-refractivity contribution in [2.45, 2.75) is 25.5 Å². The maximum absolute atomic E-state index is 13.2. The molecule has 1 aromatic heterocycles. The normalized spacial score (nSPS) is 19.8. The molecule has 1 N–H and O–H groups in total. The van der Waals surface area contributed by atoms with Crippen molar-refractivity contribution in [3.63, 3.8) is 0 Å². The van der Waals surface area contributed by atoms with Gasteiger partial charge in [-0.15, -0.1) is 0 Å². The number of nitrogens with one attached hydrogen (secondary N) is 1. The molecule has 2 atom stereocenters. The van der Waals surface area contributed by atoms with E-state index in [9.17, 15) is 10.1 Å². The molecular formula is C27H26N3O4S+. The Hall–Kier alpha value is -3.67. The highest BCUT2D eigenvalue weighted by Gasteiger charge is 2.40. The maximum atomic E-state index is 13.2. The van der Waals surface area contributed by atoms with Crippen LogP contribution in [0, 0.1) is 11.3 Å². The summed E-state index contributed by atoms with van der Waals surface area (Å²) in [7, 11) is 1.60. The molecule has 0 saturated carbocycles. The number of amides is 1. The highest BCUT2D eigenvalue weighted by atomic mass is 32.2. The van der Waals surface area contributed by atoms with Crippen LogP contribution in [0.1, 0.15) is 29.2 Å². The van der Waals surface area contributed by atoms with Crippen LogP contribution in [0.2, 0.25) is 0 Å². The van der Waals surface area contributed by atoms with E-state index in [-0.39, 0.29) is 18.2 Å². The zero-order valence-electron chi connectivity index (χ0n) is 19.4. The lowest BCUT2D eigenvalue weighted by molar-refractivity contribution is -0.911. The Morgan fingerprint density at radius 2 is 2.03 bits per heavy atom. The highest BCUT2D eigenvalue weighted by Crippen LogP contribution is 2.42. The van der Waals surface area contributed by atoms with Crippen molar-refractivity contribution in [3.8, 4) is 17.6 Å². The fraction of sp³-hybridized carbons (Fsp3) is 0.259. The zero-order valence-corrected chi connectivity index (χ0v) is 20.2. The van der Waals surface area contributed by atoms with Crippen molar-refractivity contribution in [2.24, 2.45) is 0 Å². The Morgan fingerprint density at radius 3 is 2.77 bits per heavy atom. The van der Waals surface area contributed by atoms with Crippen LogP contribution in [-0.4, -0.2) is 30.5 Å². The summed E-state index contributed by atoms with van der Waals surface area (Å²) in [5, 5.41) is 10.8. The summed E-state index contributed by atoms with van der Waals surface area (Å²) < 4.78 is 17.0. The molecule has 2 aromatic carbocycles. The van der Waals surface area contributed by atoms with Gasteiger partial charge in [-0.05, 0) is 47.2 Å². The number of rotatable bonds is 7. The van der Waals surface area contributed by atoms with E-state index in [1.54, 1.807) is 30.0 Å². The summed E-state index contributed by atoms with van der Waals surface area (Å²) in [6, 6.07) is 21.8. The Morgan fingerprint density at radius 1 is 1.17 bits per heavy atom. The molecule has 3 heterocycles. The van der Waals surface area contributed by atoms with Gasteiger partial charge in [0.25, 0.3) is 0 Å². The minimum atomic E-state index is -0.310. The number of quaternary nitrogens is 1. The van der Waals surface area contributed by atoms with Gasteiger partial charge < -0.3 is 18.8 Å². The second-order valence-electron chi connectivity index (χ2n) is 8.55. The second-order valence-corrected chi connectivity index (χ2v) is 9.51. The van der Waals surface area contributed by atoms with E-state index in [0.717, 1.165) is 27.8 Å². The van der Waals surface area contributed by atoms with Crippen LogP contribution in [0.15, 0.2) is 81.9 Å². The summed E-state index contributed by atoms with van der Waals surface area (Å²) in [6.45, 7) is 1.65. The number of carbonyl (C=O) groups is 1. The fourth-order valence-corrected chi connectivity index (χ4v) is 5.68. The highest BCUT2D eigenvalue weighted by molar-refractivity contribution is 8.02. The third-order valence-electron chi connectivity index (χ3n) is 6.25. The summed E-state index contributed by atoms with van der Waals surface area (Å²) >= 11 is 1.56. The van der Waals surface area contributed by atoms with Crippen molar-refractivity contribution in [2.75, 3.05) is 19.7 Å². The molecule has 3 aromatic rings. The first-order chi connectivity index (χ1) is 17.2. The molecule has 7 nitrogen and oxygen atoms in total. The fourth-order valence-electron chi connectivity index (χ4n) is 4.48. The van der Waals surface area contributed by atoms with Gasteiger partial charge >= 0.3 is 0 Å². The predicted molar refractivity (Wildman–Crippen MR) is 131 cm³/mol. The number of nitriles is 1. The van der Waals surface area contributed by atoms with Crippen LogP contribution in [-0.2, 0) is 17.9 Å². The minimum Gasteiger partial charge on any atom is -0.493 e. The first-order valence-corrected chi connectivity index (χ1v) is 12.4. The van der Waals surface area contributed by atoms with E-state index in [1.807, 2.05) is 60.7 Å². The second kappa shape index (κ2) is 10.3. The van der Waals surface area contributed by atoms with Crippen molar-refractivity contribution < 1.29 is 23.6 Å². The number of carbonyl (C=O) groups excluding carboxylic acids is 1. The van der Waals surface area contributed by atoms with E-state index in [4.69, 9.17) is 13.9 Å². The number of ether oxygens (including phenoxy) is 2. The first kappa shape index (κ1) is 23.1. The monoisotopic (exact) mass is 488 g/mol. The maximum Gasteiger partial charge on any atom is 0.232 e. The van der Waals surface area contributed by atoms with Crippen LogP contribution in [0.25, 0.3) is 0 Å². The number of nitrogens with zero attached hydrogens (tertiary/aromatic N) is 2. The molecule has 178 valence electrons. The van der Waals surface area contributed by atoms with Crippen LogP contribution >= 0.6 is 11.8 Å². The van der Waals surface area contributed by atoms with Crippen LogP contribution < -0.4 is 14.4 Å². The van der Waals surface area contributed by atoms with E-state index in [2.05, 4.69) is 6.07 Å². The summed E-state index contributed by atoms with van der Waals surface area (Å²) in [5.74, 6) is 2.57. The molecule has 1 fully saturated rings. The van der Waals surface area contributed by atoms with Gasteiger partial charge in [-0.2, -0.15) is 5.26 Å². The molecular weight excluding hydrogens is 462 g/mol. The molecule has 0 bridgehead atoms. The van der Waals surface area contributed by atoms with Gasteiger partial charge in [-0.1, -0.05) is 36.4 Å². The molecule has 1 saturated heterocycles. The number of methoxy groups -OCH3 is 1. The summed E-state index contributed by atoms with van der Waals surface area (Å²) in [5.41, 5.74) is 2.56. The molecule has 0 spiro atoms. The Bertz CT molecular complexity index is 1270. The Kier molecular flexibility index (Phi) is 6.80. The van der Waals surface area contributed by atoms with E-state index < -0.39 is 0 Å². The van der Waals surface area contributed by atoms with Crippen molar-refractivity contribution in [1.29, 1.82) is 5.26 Å². The van der Waals surface area contributed by atoms with Crippen molar-refractivity contribution >= 4 is 17.7 Å². The predicted octanol–water partition coefficient (Wildman–Crippen LogP) is 3.67. The van der Waals surface area contributed by atoms with Gasteiger partial charge in [-0.3, -0.25) is 9.69 Å². The molecule has 2 aliphatic rings. The van der Waals surface area contributed by atoms with Gasteiger partial charge in [0.05, 0.1) is 25.0 Å². The van der Waals surface area contributed by atoms with E-state index in [0.29, 0.717) is 36.9 Å². The molecule has 0 aliphatic carbocycles. The number of hydrogen-bond acceptors (Lipinski definition) is 6. The molecule has 0 radical (unpaired) electrons. The minimum absolute atomic E-state index is 0.0246. The molecule has 2 aliphatic heterocycles. The van der Waals surface area contributed by atoms with E-state index >= 15 is 0 Å². The summed E-state index contributed by atoms with van der Waals surface area (Å²) in [4.78, 5) is 16.1. The van der Waals surface area contributed by atoms with Gasteiger partial charge in [-0.25, -0.2) is 0 Å². The third kappa shape index (κ3) is 4.92. The molecule has 35 heavy (non-hydrogen) atoms. The van der Waals surface area contributed by atoms with Crippen LogP contribution in [0.5, 0.6) is 11.5 Å². The van der Waals surface area contributed by atoms with Gasteiger partial charge in [0.1, 0.15) is 24.1 Å². The lowest BCUT2D eigenvalue weighted by Gasteiger charge is -2.38. The SMILES string of the molecule is COc1cc([C@H]2CC(=O)N3C[NH+](Cc4ccco4)CSC3=C2C#N)ccc1OCc1ccccc1. The number of allylic oxidation sites excluding steroid dienone is 1. The topological polar surface area (TPSA) is 80.1 Å². The molecule has 8 heteroatoms. The van der Waals surface area contributed by atoms with Crippen molar-refractivity contribution in [3.05, 3.63) is 94.4 Å². The van der Waals surface area contributed by atoms with Gasteiger partial charge in [0, 0.05) is 12.3 Å². The standard InChI is InChI=1S/C27H25N3O4S/c1-32-25-12-20(9-10-24(25)34-16-19-6-3-2-4-7-19)22-13-26(31)30-17-29(15-21-8-5-11-33-21)18-35-27(30)23(22)14-28/h2-12,22H,13,15-18H2,1H3/p+1/t22-/m1/s1. The summed E-state index contributed by atoms with van der Waals surface area (Å²) in [6.07, 6.45) is 1.91. The smallest absolute Gasteiger partial charge is 0.232 e. The number of fused-ring (bicyclic) bond motifs is 1. The largest absolute Gasteiger partial charge is 0.493 e. The van der Waals surface area contributed by atoms with Gasteiger partial charge in [0.2, 0.25) is 5.91 Å². The first-order valence-electron chi connectivity index (χ1n) is 11.4. The molecule has 5 rings (SSSR count). The number of hydrogen-bond donors (Lipinski definition) is 1. The number of thioether (sulfide) groups is 1. The Labute approximate surface area is 208 Å². The third-order valence-corrected chi connectivity index (χ3v) is 7.52. The zero-order chi connectivity index (χ0) is 24.2. The lowest BCUT2D eigenvalue weighted by Crippen LogP contribution is -3.12.